The lowest BCUT2D eigenvalue weighted by atomic mass is 10.0. The van der Waals surface area contributed by atoms with Crippen LogP contribution in [0.3, 0.4) is 0 Å². The molecular formula is C15H17O2P. The number of hydrogen-bond donors (Lipinski definition) is 0. The van der Waals surface area contributed by atoms with E-state index in [1.54, 1.807) is 6.08 Å². The van der Waals surface area contributed by atoms with Crippen molar-refractivity contribution in [1.82, 2.24) is 0 Å². The second-order valence-corrected chi connectivity index (χ2v) is 6.71. The Hall–Kier alpha value is -1.53. The minimum absolute atomic E-state index is 0.496. The van der Waals surface area contributed by atoms with Gasteiger partial charge in [0.2, 0.25) is 0 Å². The van der Waals surface area contributed by atoms with E-state index in [4.69, 9.17) is 4.52 Å². The fourth-order valence-corrected chi connectivity index (χ4v) is 4.18. The van der Waals surface area contributed by atoms with E-state index >= 15 is 0 Å². The van der Waals surface area contributed by atoms with Gasteiger partial charge in [-0.05, 0) is 18.6 Å². The third-order valence-electron chi connectivity index (χ3n) is 3.04. The molecule has 0 N–H and O–H groups in total. The van der Waals surface area contributed by atoms with Gasteiger partial charge in [0, 0.05) is 11.7 Å². The third kappa shape index (κ3) is 1.97. The minimum Gasteiger partial charge on any atom is -0.439 e. The summed E-state index contributed by atoms with van der Waals surface area (Å²) in [5.74, 6) is 0.696. The molecule has 1 unspecified atom stereocenters. The second-order valence-electron chi connectivity index (χ2n) is 4.07. The fourth-order valence-electron chi connectivity index (χ4n) is 2.18. The molecule has 2 rings (SSSR count). The fraction of sp³-hybridized carbons (Fsp3) is 0.200. The molecule has 18 heavy (non-hydrogen) atoms. The topological polar surface area (TPSA) is 26.3 Å². The third-order valence-corrected chi connectivity index (χ3v) is 5.60. The zero-order chi connectivity index (χ0) is 13.2. The van der Waals surface area contributed by atoms with Crippen molar-refractivity contribution >= 4 is 12.9 Å². The summed E-state index contributed by atoms with van der Waals surface area (Å²) in [5.41, 5.74) is 1.94. The monoisotopic (exact) mass is 260 g/mol. The predicted octanol–water partition coefficient (Wildman–Crippen LogP) is 4.85. The van der Waals surface area contributed by atoms with Crippen LogP contribution in [0.1, 0.15) is 19.4 Å². The maximum absolute atomic E-state index is 12.8. The molecule has 0 radical (unpaired) electrons. The smallest absolute Gasteiger partial charge is 0.277 e. The molecular weight excluding hydrogens is 243 g/mol. The van der Waals surface area contributed by atoms with Crippen LogP contribution < -0.4 is 4.52 Å². The molecule has 1 aromatic carbocycles. The summed E-state index contributed by atoms with van der Waals surface area (Å²) in [4.78, 5) is 0. The molecule has 0 spiro atoms. The Morgan fingerprint density at radius 2 is 2.11 bits per heavy atom. The zero-order valence-electron chi connectivity index (χ0n) is 10.7. The lowest BCUT2D eigenvalue weighted by Crippen LogP contribution is -2.08. The van der Waals surface area contributed by atoms with Crippen molar-refractivity contribution in [2.24, 2.45) is 0 Å². The quantitative estimate of drug-likeness (QED) is 0.710. The van der Waals surface area contributed by atoms with E-state index in [1.165, 1.54) is 0 Å². The molecule has 0 saturated carbocycles. The standard InChI is InChI=1S/C15H17O2P/c1-4-9-13-12-10-7-8-11-14(12)17-18(16,6-3)15(13)5-2/h4-5,7-11H,1,6H2,2-3H3/b13-9-,15-5+. The summed E-state index contributed by atoms with van der Waals surface area (Å²) < 4.78 is 18.6. The van der Waals surface area contributed by atoms with Crippen molar-refractivity contribution in [3.63, 3.8) is 0 Å². The number of allylic oxidation sites excluding steroid dienone is 5. The Morgan fingerprint density at radius 1 is 1.39 bits per heavy atom. The van der Waals surface area contributed by atoms with E-state index in [1.807, 2.05) is 50.3 Å². The Kier molecular flexibility index (Phi) is 3.58. The molecule has 0 fully saturated rings. The Bertz CT molecular complexity index is 582. The van der Waals surface area contributed by atoms with Gasteiger partial charge in [-0.2, -0.15) is 0 Å². The van der Waals surface area contributed by atoms with Gasteiger partial charge in [0.05, 0.1) is 5.31 Å². The van der Waals surface area contributed by atoms with Gasteiger partial charge in [0.15, 0.2) is 0 Å². The summed E-state index contributed by atoms with van der Waals surface area (Å²) >= 11 is 0. The average molecular weight is 260 g/mol. The van der Waals surface area contributed by atoms with Crippen LogP contribution in [0.15, 0.2) is 54.4 Å². The minimum atomic E-state index is -2.78. The van der Waals surface area contributed by atoms with Gasteiger partial charge in [-0.3, -0.25) is 4.57 Å². The molecule has 1 atom stereocenters. The van der Waals surface area contributed by atoms with E-state index in [9.17, 15) is 4.57 Å². The summed E-state index contributed by atoms with van der Waals surface area (Å²) in [6.45, 7) is 7.52. The molecule has 0 amide bonds. The molecule has 2 nitrogen and oxygen atoms in total. The molecule has 0 bridgehead atoms. The first-order valence-corrected chi connectivity index (χ1v) is 7.85. The first-order chi connectivity index (χ1) is 8.66. The van der Waals surface area contributed by atoms with Gasteiger partial charge in [0.1, 0.15) is 5.75 Å². The maximum atomic E-state index is 12.8. The Balaban J connectivity index is 2.73. The lowest BCUT2D eigenvalue weighted by Gasteiger charge is -2.29. The van der Waals surface area contributed by atoms with Crippen LogP contribution in [-0.2, 0) is 4.57 Å². The largest absolute Gasteiger partial charge is 0.439 e. The first-order valence-electron chi connectivity index (χ1n) is 6.04. The van der Waals surface area contributed by atoms with Crippen LogP contribution in [-0.4, -0.2) is 6.16 Å². The Labute approximate surface area is 108 Å². The predicted molar refractivity (Wildman–Crippen MR) is 77.1 cm³/mol. The highest BCUT2D eigenvalue weighted by Crippen LogP contribution is 2.63. The molecule has 1 heterocycles. The Morgan fingerprint density at radius 3 is 2.72 bits per heavy atom. The van der Waals surface area contributed by atoms with Crippen LogP contribution in [0, 0.1) is 0 Å². The van der Waals surface area contributed by atoms with Crippen LogP contribution in [0.25, 0.3) is 5.57 Å². The maximum Gasteiger partial charge on any atom is 0.277 e. The van der Waals surface area contributed by atoms with Crippen LogP contribution in [0.5, 0.6) is 5.75 Å². The van der Waals surface area contributed by atoms with Gasteiger partial charge >= 0.3 is 0 Å². The van der Waals surface area contributed by atoms with E-state index in [2.05, 4.69) is 6.58 Å². The second kappa shape index (κ2) is 4.99. The molecule has 0 aliphatic carbocycles. The molecule has 1 aromatic rings. The molecule has 1 aliphatic heterocycles. The summed E-state index contributed by atoms with van der Waals surface area (Å²) in [5, 5.41) is 0.795. The van der Waals surface area contributed by atoms with Gasteiger partial charge in [-0.1, -0.05) is 49.9 Å². The molecule has 94 valence electrons. The van der Waals surface area contributed by atoms with Crippen LogP contribution in [0.2, 0.25) is 0 Å². The number of rotatable bonds is 2. The SMILES string of the molecule is C=C/C=C1\C(=C/C)P(=O)(CC)Oc2ccccc21. The van der Waals surface area contributed by atoms with Crippen molar-refractivity contribution in [3.8, 4) is 5.75 Å². The number of fused-ring (bicyclic) bond motifs is 1. The zero-order valence-corrected chi connectivity index (χ0v) is 11.6. The lowest BCUT2D eigenvalue weighted by molar-refractivity contribution is 0.487. The normalized spacial score (nSPS) is 26.8. The van der Waals surface area contributed by atoms with Crippen molar-refractivity contribution in [2.45, 2.75) is 13.8 Å². The number of hydrogen-bond acceptors (Lipinski definition) is 2. The molecule has 0 aromatic heterocycles. The summed E-state index contributed by atoms with van der Waals surface area (Å²) in [7, 11) is -2.78. The van der Waals surface area contributed by atoms with Gasteiger partial charge in [-0.25, -0.2) is 0 Å². The highest BCUT2D eigenvalue weighted by atomic mass is 31.2. The average Bonchev–Trinajstić information content (AvgIpc) is 2.39. The van der Waals surface area contributed by atoms with Crippen molar-refractivity contribution in [3.05, 3.63) is 60.0 Å². The van der Waals surface area contributed by atoms with Crippen LogP contribution >= 0.6 is 7.37 Å². The van der Waals surface area contributed by atoms with E-state index in [0.717, 1.165) is 16.5 Å². The summed E-state index contributed by atoms with van der Waals surface area (Å²) in [6.07, 6.45) is 6.00. The first kappa shape index (κ1) is 12.9. The van der Waals surface area contributed by atoms with E-state index in [-0.39, 0.29) is 0 Å². The van der Waals surface area contributed by atoms with E-state index in [0.29, 0.717) is 11.9 Å². The number of para-hydroxylation sites is 1. The molecule has 3 heteroatoms. The summed E-state index contributed by atoms with van der Waals surface area (Å²) in [6, 6.07) is 7.69. The van der Waals surface area contributed by atoms with Gasteiger partial charge < -0.3 is 4.52 Å². The number of benzene rings is 1. The highest BCUT2D eigenvalue weighted by molar-refractivity contribution is 7.64. The van der Waals surface area contributed by atoms with Crippen molar-refractivity contribution in [1.29, 1.82) is 0 Å². The molecule has 0 saturated heterocycles. The molecule has 1 aliphatic rings. The van der Waals surface area contributed by atoms with Crippen molar-refractivity contribution in [2.75, 3.05) is 6.16 Å². The van der Waals surface area contributed by atoms with Gasteiger partial charge in [0.25, 0.3) is 7.37 Å². The highest BCUT2D eigenvalue weighted by Gasteiger charge is 2.36. The van der Waals surface area contributed by atoms with Gasteiger partial charge in [-0.15, -0.1) is 0 Å². The van der Waals surface area contributed by atoms with Crippen LogP contribution in [0.4, 0.5) is 0 Å². The van der Waals surface area contributed by atoms with Crippen molar-refractivity contribution < 1.29 is 9.09 Å². The van der Waals surface area contributed by atoms with E-state index < -0.39 is 7.37 Å².